The molecule has 8 heteroatoms. The van der Waals surface area contributed by atoms with Crippen LogP contribution in [0.15, 0.2) is 53.6 Å². The molecule has 0 aliphatic rings. The third-order valence-electron chi connectivity index (χ3n) is 2.75. The number of phenols is 1. The summed E-state index contributed by atoms with van der Waals surface area (Å²) in [6.45, 7) is 0. The molecule has 0 spiro atoms. The second-order valence-electron chi connectivity index (χ2n) is 4.46. The van der Waals surface area contributed by atoms with Gasteiger partial charge in [0, 0.05) is 11.3 Å². The van der Waals surface area contributed by atoms with E-state index in [1.807, 2.05) is 0 Å². The van der Waals surface area contributed by atoms with Gasteiger partial charge in [0.25, 0.3) is 0 Å². The van der Waals surface area contributed by atoms with E-state index in [0.717, 1.165) is 12.1 Å². The number of hydrogen-bond acceptors (Lipinski definition) is 3. The van der Waals surface area contributed by atoms with Crippen LogP contribution in [-0.2, 0) is 6.18 Å². The highest BCUT2D eigenvalue weighted by molar-refractivity contribution is 7.80. The van der Waals surface area contributed by atoms with Crippen molar-refractivity contribution in [1.82, 2.24) is 5.43 Å². The summed E-state index contributed by atoms with van der Waals surface area (Å²) >= 11 is 4.94. The van der Waals surface area contributed by atoms with Gasteiger partial charge in [-0.05, 0) is 42.5 Å². The number of thiocarbonyl (C=S) groups is 1. The quantitative estimate of drug-likeness (QED) is 0.453. The largest absolute Gasteiger partial charge is 0.507 e. The maximum Gasteiger partial charge on any atom is 0.416 e. The van der Waals surface area contributed by atoms with Gasteiger partial charge in [-0.15, -0.1) is 0 Å². The maximum atomic E-state index is 12.6. The average Bonchev–Trinajstić information content (AvgIpc) is 2.48. The number of halogens is 3. The van der Waals surface area contributed by atoms with E-state index in [-0.39, 0.29) is 16.5 Å². The van der Waals surface area contributed by atoms with Crippen molar-refractivity contribution in [2.24, 2.45) is 5.10 Å². The summed E-state index contributed by atoms with van der Waals surface area (Å²) in [7, 11) is 0. The lowest BCUT2D eigenvalue weighted by Gasteiger charge is -2.10. The summed E-state index contributed by atoms with van der Waals surface area (Å²) < 4.78 is 37.8. The Labute approximate surface area is 135 Å². The summed E-state index contributed by atoms with van der Waals surface area (Å²) in [6.07, 6.45) is -3.08. The number of rotatable bonds is 3. The molecule has 2 aromatic carbocycles. The molecule has 0 aliphatic carbocycles. The smallest absolute Gasteiger partial charge is 0.416 e. The van der Waals surface area contributed by atoms with Gasteiger partial charge in [-0.3, -0.25) is 5.43 Å². The van der Waals surface area contributed by atoms with Crippen LogP contribution in [0.2, 0.25) is 0 Å². The van der Waals surface area contributed by atoms with Crippen LogP contribution in [0.25, 0.3) is 0 Å². The molecule has 0 aromatic heterocycles. The first-order valence-corrected chi connectivity index (χ1v) is 6.82. The van der Waals surface area contributed by atoms with E-state index in [4.69, 9.17) is 12.2 Å². The van der Waals surface area contributed by atoms with E-state index in [1.165, 1.54) is 24.4 Å². The van der Waals surface area contributed by atoms with E-state index in [2.05, 4.69) is 15.8 Å². The molecule has 23 heavy (non-hydrogen) atoms. The van der Waals surface area contributed by atoms with Gasteiger partial charge in [0.2, 0.25) is 0 Å². The second kappa shape index (κ2) is 7.10. The Morgan fingerprint density at radius 2 is 1.87 bits per heavy atom. The summed E-state index contributed by atoms with van der Waals surface area (Å²) in [6, 6.07) is 11.2. The monoisotopic (exact) mass is 339 g/mol. The Morgan fingerprint density at radius 3 is 2.57 bits per heavy atom. The standard InChI is InChI=1S/C15H12F3N3OS/c16-15(17,18)11-5-3-6-12(8-11)20-14(23)21-19-9-10-4-1-2-7-13(10)22/h1-9,22H,(H2,20,21,23)/b19-9+. The molecule has 0 radical (unpaired) electrons. The van der Waals surface area contributed by atoms with Crippen LogP contribution >= 0.6 is 12.2 Å². The maximum absolute atomic E-state index is 12.6. The molecule has 0 saturated carbocycles. The number of hydrogen-bond donors (Lipinski definition) is 3. The Morgan fingerprint density at radius 1 is 1.13 bits per heavy atom. The molecule has 0 bridgehead atoms. The highest BCUT2D eigenvalue weighted by Crippen LogP contribution is 2.30. The second-order valence-corrected chi connectivity index (χ2v) is 4.87. The first-order valence-electron chi connectivity index (χ1n) is 6.41. The summed E-state index contributed by atoms with van der Waals surface area (Å²) in [4.78, 5) is 0. The molecule has 2 rings (SSSR count). The normalized spacial score (nSPS) is 11.4. The van der Waals surface area contributed by atoms with E-state index in [9.17, 15) is 18.3 Å². The van der Waals surface area contributed by atoms with Crippen LogP contribution < -0.4 is 10.7 Å². The molecule has 0 aliphatic heterocycles. The number of aromatic hydroxyl groups is 1. The van der Waals surface area contributed by atoms with Crippen molar-refractivity contribution < 1.29 is 18.3 Å². The molecule has 0 saturated heterocycles. The Balaban J connectivity index is 1.97. The fourth-order valence-corrected chi connectivity index (χ4v) is 1.86. The number of nitrogens with zero attached hydrogens (tertiary/aromatic N) is 1. The minimum atomic E-state index is -4.42. The van der Waals surface area contributed by atoms with Gasteiger partial charge >= 0.3 is 6.18 Å². The van der Waals surface area contributed by atoms with Crippen LogP contribution in [0, 0.1) is 0 Å². The number of alkyl halides is 3. The molecule has 0 amide bonds. The van der Waals surface area contributed by atoms with Crippen LogP contribution in [0.4, 0.5) is 18.9 Å². The van der Waals surface area contributed by atoms with Crippen LogP contribution in [0.1, 0.15) is 11.1 Å². The minimum Gasteiger partial charge on any atom is -0.507 e. The number of anilines is 1. The van der Waals surface area contributed by atoms with Gasteiger partial charge in [0.15, 0.2) is 5.11 Å². The molecule has 0 fully saturated rings. The SMILES string of the molecule is Oc1ccccc1/C=N/NC(=S)Nc1cccc(C(F)(F)F)c1. The first-order chi connectivity index (χ1) is 10.9. The van der Waals surface area contributed by atoms with Crippen LogP contribution in [0.5, 0.6) is 5.75 Å². The van der Waals surface area contributed by atoms with Crippen molar-refractivity contribution in [1.29, 1.82) is 0 Å². The van der Waals surface area contributed by atoms with Crippen molar-refractivity contribution in [3.63, 3.8) is 0 Å². The van der Waals surface area contributed by atoms with Crippen molar-refractivity contribution >= 4 is 29.2 Å². The summed E-state index contributed by atoms with van der Waals surface area (Å²) in [5.41, 5.74) is 2.35. The predicted octanol–water partition coefficient (Wildman–Crippen LogP) is 3.73. The molecule has 2 aromatic rings. The van der Waals surface area contributed by atoms with Gasteiger partial charge in [0.05, 0.1) is 11.8 Å². The topological polar surface area (TPSA) is 56.7 Å². The molecule has 4 nitrogen and oxygen atoms in total. The molecule has 0 unspecified atom stereocenters. The van der Waals surface area contributed by atoms with Crippen molar-refractivity contribution in [2.75, 3.05) is 5.32 Å². The predicted molar refractivity (Wildman–Crippen MR) is 86.5 cm³/mol. The number of hydrazone groups is 1. The highest BCUT2D eigenvalue weighted by Gasteiger charge is 2.30. The fourth-order valence-electron chi connectivity index (χ4n) is 1.69. The average molecular weight is 339 g/mol. The molecule has 0 heterocycles. The number of phenolic OH excluding ortho intramolecular Hbond substituents is 1. The van der Waals surface area contributed by atoms with Crippen molar-refractivity contribution in [3.05, 3.63) is 59.7 Å². The molecule has 3 N–H and O–H groups in total. The Kier molecular flexibility index (Phi) is 5.17. The third-order valence-corrected chi connectivity index (χ3v) is 2.95. The van der Waals surface area contributed by atoms with Crippen LogP contribution in [0.3, 0.4) is 0 Å². The lowest BCUT2D eigenvalue weighted by atomic mass is 10.2. The molecular weight excluding hydrogens is 327 g/mol. The Hall–Kier alpha value is -2.61. The third kappa shape index (κ3) is 4.96. The fraction of sp³-hybridized carbons (Fsp3) is 0.0667. The number of nitrogens with one attached hydrogen (secondary N) is 2. The van der Waals surface area contributed by atoms with Gasteiger partial charge in [-0.2, -0.15) is 18.3 Å². The zero-order valence-corrected chi connectivity index (χ0v) is 12.4. The van der Waals surface area contributed by atoms with Gasteiger partial charge in [-0.1, -0.05) is 18.2 Å². The van der Waals surface area contributed by atoms with E-state index >= 15 is 0 Å². The van der Waals surface area contributed by atoms with Gasteiger partial charge in [-0.25, -0.2) is 0 Å². The summed E-state index contributed by atoms with van der Waals surface area (Å²) in [5, 5.41) is 16.0. The van der Waals surface area contributed by atoms with Gasteiger partial charge < -0.3 is 10.4 Å². The lowest BCUT2D eigenvalue weighted by molar-refractivity contribution is -0.137. The molecular formula is C15H12F3N3OS. The molecule has 120 valence electrons. The zero-order chi connectivity index (χ0) is 16.9. The Bertz CT molecular complexity index is 732. The van der Waals surface area contributed by atoms with E-state index < -0.39 is 11.7 Å². The zero-order valence-electron chi connectivity index (χ0n) is 11.6. The van der Waals surface area contributed by atoms with E-state index in [1.54, 1.807) is 18.2 Å². The number of para-hydroxylation sites is 1. The highest BCUT2D eigenvalue weighted by atomic mass is 32.1. The number of benzene rings is 2. The summed E-state index contributed by atoms with van der Waals surface area (Å²) in [5.74, 6) is 0.0507. The first kappa shape index (κ1) is 16.8. The van der Waals surface area contributed by atoms with Gasteiger partial charge in [0.1, 0.15) is 5.75 Å². The van der Waals surface area contributed by atoms with E-state index in [0.29, 0.717) is 5.56 Å². The molecule has 0 atom stereocenters. The van der Waals surface area contributed by atoms with Crippen molar-refractivity contribution in [2.45, 2.75) is 6.18 Å². The van der Waals surface area contributed by atoms with Crippen molar-refractivity contribution in [3.8, 4) is 5.75 Å². The minimum absolute atomic E-state index is 0.0241. The van der Waals surface area contributed by atoms with Crippen LogP contribution in [-0.4, -0.2) is 16.4 Å². The lowest BCUT2D eigenvalue weighted by Crippen LogP contribution is -2.24.